The quantitative estimate of drug-likeness (QED) is 0.0840. The summed E-state index contributed by atoms with van der Waals surface area (Å²) in [7, 11) is 0. The van der Waals surface area contributed by atoms with Crippen LogP contribution < -0.4 is 20.9 Å². The average Bonchev–Trinajstić information content (AvgIpc) is 3.93. The molecule has 0 saturated carbocycles. The lowest BCUT2D eigenvalue weighted by molar-refractivity contribution is -0.136. The number of imidazole rings is 1. The average molecular weight is 904 g/mol. The summed E-state index contributed by atoms with van der Waals surface area (Å²) in [4.78, 5) is 87.2. The maximum atomic E-state index is 14.6. The van der Waals surface area contributed by atoms with Crippen LogP contribution in [0.1, 0.15) is 114 Å². The van der Waals surface area contributed by atoms with E-state index >= 15 is 0 Å². The Morgan fingerprint density at radius 1 is 0.833 bits per heavy atom. The summed E-state index contributed by atoms with van der Waals surface area (Å²) in [5.41, 5.74) is 5.40. The Kier molecular flexibility index (Phi) is 12.5. The van der Waals surface area contributed by atoms with Crippen molar-refractivity contribution in [2.45, 2.75) is 96.2 Å². The number of imide groups is 2. The fourth-order valence-electron chi connectivity index (χ4n) is 9.99. The number of carbonyl (C=O) groups is 6. The van der Waals surface area contributed by atoms with Gasteiger partial charge in [-0.1, -0.05) is 17.3 Å². The van der Waals surface area contributed by atoms with E-state index < -0.39 is 47.3 Å². The molecular formula is C48H51F2N9O7. The molecule has 4 aliphatic rings. The molecular weight excluding hydrogens is 853 g/mol. The number of unbranched alkanes of at least 4 members (excludes halogenated alkanes) is 2. The van der Waals surface area contributed by atoms with Crippen molar-refractivity contribution in [3.8, 4) is 11.1 Å². The van der Waals surface area contributed by atoms with E-state index in [4.69, 9.17) is 9.51 Å². The Morgan fingerprint density at radius 2 is 1.64 bits per heavy atom. The fraction of sp³-hybridized carbons (Fsp3) is 0.417. The standard InChI is InChI=1S/C48H51F2N9O7/c1-27-43(28(2)66-55-27)29-12-15-37-36(24-29)53-45(38-10-7-11-42(62)57(38)31-13-14-33(49)34(50)25-31)58(37)30-18-22-56(23-19-30)26-41(61)52-21-5-3-4-20-51-35-9-6-8-32-44(35)48(65)59(47(32)64)39-16-17-40(60)54-46(39)63/h6,8-9,12-15,24-25,30,38-39,51H,3-5,7,10-11,16-23,26H2,1-2H3,(H,52,61)(H,54,60,63)/t38-,39?/m0/s1. The molecule has 3 fully saturated rings. The first-order valence-corrected chi connectivity index (χ1v) is 22.7. The second kappa shape index (κ2) is 18.6. The SMILES string of the molecule is Cc1noc(C)c1-c1ccc2c(c1)nc([C@@H]1CCCC(=O)N1c1ccc(F)c(F)c1)n2C1CCN(CC(=O)NCCCCCNc2cccc3c2C(=O)N(C2CCC(=O)NC2=O)C3=O)CC1. The molecule has 3 saturated heterocycles. The monoisotopic (exact) mass is 903 g/mol. The number of halogens is 2. The van der Waals surface area contributed by atoms with Crippen molar-refractivity contribution in [3.63, 3.8) is 0 Å². The number of hydrogen-bond donors (Lipinski definition) is 3. The van der Waals surface area contributed by atoms with Crippen molar-refractivity contribution in [3.05, 3.63) is 94.6 Å². The third-order valence-electron chi connectivity index (χ3n) is 13.2. The minimum atomic E-state index is -1.03. The molecule has 9 rings (SSSR count). The Morgan fingerprint density at radius 3 is 2.39 bits per heavy atom. The molecule has 2 aromatic heterocycles. The minimum absolute atomic E-state index is 0.00788. The summed E-state index contributed by atoms with van der Waals surface area (Å²) in [6.45, 7) is 6.32. The molecule has 6 amide bonds. The highest BCUT2D eigenvalue weighted by atomic mass is 19.2. The van der Waals surface area contributed by atoms with E-state index in [2.05, 4.69) is 30.6 Å². The maximum Gasteiger partial charge on any atom is 0.264 e. The van der Waals surface area contributed by atoms with E-state index in [0.29, 0.717) is 56.3 Å². The van der Waals surface area contributed by atoms with Crippen molar-refractivity contribution in [2.24, 2.45) is 0 Å². The van der Waals surface area contributed by atoms with Gasteiger partial charge in [0, 0.05) is 68.1 Å². The molecule has 2 atom stereocenters. The zero-order valence-electron chi connectivity index (χ0n) is 36.8. The molecule has 6 heterocycles. The molecule has 0 radical (unpaired) electrons. The molecule has 66 heavy (non-hydrogen) atoms. The molecule has 0 spiro atoms. The first-order chi connectivity index (χ1) is 31.9. The largest absolute Gasteiger partial charge is 0.384 e. The third-order valence-corrected chi connectivity index (χ3v) is 13.2. The maximum absolute atomic E-state index is 14.6. The molecule has 3 N–H and O–H groups in total. The van der Waals surface area contributed by atoms with E-state index in [1.165, 1.54) is 6.07 Å². The highest BCUT2D eigenvalue weighted by molar-refractivity contribution is 6.25. The summed E-state index contributed by atoms with van der Waals surface area (Å²) >= 11 is 0. The number of piperidine rings is 3. The lowest BCUT2D eigenvalue weighted by atomic mass is 9.98. The molecule has 0 bridgehead atoms. The van der Waals surface area contributed by atoms with Gasteiger partial charge in [-0.15, -0.1) is 0 Å². The van der Waals surface area contributed by atoms with Crippen LogP contribution in [0.5, 0.6) is 0 Å². The van der Waals surface area contributed by atoms with Crippen LogP contribution in [-0.4, -0.2) is 98.7 Å². The molecule has 3 aromatic carbocycles. The van der Waals surface area contributed by atoms with Crippen LogP contribution in [-0.2, 0) is 19.2 Å². The highest BCUT2D eigenvalue weighted by Gasteiger charge is 2.46. The topological polar surface area (TPSA) is 192 Å². The van der Waals surface area contributed by atoms with Gasteiger partial charge in [0.1, 0.15) is 17.6 Å². The van der Waals surface area contributed by atoms with Gasteiger partial charge in [-0.25, -0.2) is 13.8 Å². The minimum Gasteiger partial charge on any atom is -0.384 e. The second-order valence-electron chi connectivity index (χ2n) is 17.5. The van der Waals surface area contributed by atoms with Gasteiger partial charge in [-0.3, -0.25) is 43.9 Å². The summed E-state index contributed by atoms with van der Waals surface area (Å²) in [6, 6.07) is 13.0. The van der Waals surface area contributed by atoms with E-state index in [0.717, 1.165) is 77.0 Å². The van der Waals surface area contributed by atoms with E-state index in [1.54, 1.807) is 23.1 Å². The molecule has 4 aliphatic heterocycles. The lowest BCUT2D eigenvalue weighted by Crippen LogP contribution is -2.54. The van der Waals surface area contributed by atoms with Gasteiger partial charge in [0.2, 0.25) is 23.6 Å². The predicted molar refractivity (Wildman–Crippen MR) is 238 cm³/mol. The van der Waals surface area contributed by atoms with Gasteiger partial charge in [-0.2, -0.15) is 0 Å². The number of fused-ring (bicyclic) bond motifs is 2. The zero-order chi connectivity index (χ0) is 46.2. The van der Waals surface area contributed by atoms with Gasteiger partial charge in [0.25, 0.3) is 11.8 Å². The molecule has 1 unspecified atom stereocenters. The summed E-state index contributed by atoms with van der Waals surface area (Å²) in [5.74, 6) is -3.09. The summed E-state index contributed by atoms with van der Waals surface area (Å²) < 4.78 is 36.3. The number of aromatic nitrogens is 3. The number of nitrogens with zero attached hydrogens (tertiary/aromatic N) is 6. The van der Waals surface area contributed by atoms with Crippen LogP contribution in [0.3, 0.4) is 0 Å². The third kappa shape index (κ3) is 8.56. The van der Waals surface area contributed by atoms with Crippen LogP contribution >= 0.6 is 0 Å². The molecule has 16 nitrogen and oxygen atoms in total. The van der Waals surface area contributed by atoms with Crippen LogP contribution in [0.4, 0.5) is 20.2 Å². The Balaban J connectivity index is 0.799. The van der Waals surface area contributed by atoms with Crippen LogP contribution in [0.15, 0.2) is 59.1 Å². The number of nitrogens with one attached hydrogen (secondary N) is 3. The molecule has 5 aromatic rings. The van der Waals surface area contributed by atoms with Gasteiger partial charge in [0.05, 0.1) is 40.4 Å². The van der Waals surface area contributed by atoms with Crippen molar-refractivity contribution < 1.29 is 42.1 Å². The molecule has 18 heteroatoms. The highest BCUT2D eigenvalue weighted by Crippen LogP contribution is 2.41. The van der Waals surface area contributed by atoms with Crippen LogP contribution in [0, 0.1) is 25.5 Å². The van der Waals surface area contributed by atoms with Crippen molar-refractivity contribution in [1.29, 1.82) is 0 Å². The van der Waals surface area contributed by atoms with Crippen LogP contribution in [0.25, 0.3) is 22.2 Å². The molecule has 0 aliphatic carbocycles. The summed E-state index contributed by atoms with van der Waals surface area (Å²) in [6.07, 6.45) is 5.34. The van der Waals surface area contributed by atoms with E-state index in [-0.39, 0.29) is 60.5 Å². The van der Waals surface area contributed by atoms with Crippen molar-refractivity contribution in [2.75, 3.05) is 42.9 Å². The summed E-state index contributed by atoms with van der Waals surface area (Å²) in [5, 5.41) is 12.6. The Hall–Kier alpha value is -6.82. The fourth-order valence-corrected chi connectivity index (χ4v) is 9.99. The van der Waals surface area contributed by atoms with Gasteiger partial charge >= 0.3 is 0 Å². The van der Waals surface area contributed by atoms with Crippen molar-refractivity contribution in [1.82, 2.24) is 35.1 Å². The Bertz CT molecular complexity index is 2740. The normalized spacial score (nSPS) is 19.5. The number of amides is 6. The first-order valence-electron chi connectivity index (χ1n) is 22.7. The molecule has 344 valence electrons. The number of rotatable bonds is 14. The van der Waals surface area contributed by atoms with E-state index in [9.17, 15) is 37.5 Å². The van der Waals surface area contributed by atoms with Gasteiger partial charge in [-0.05, 0) is 107 Å². The number of likely N-dealkylation sites (tertiary alicyclic amines) is 1. The smallest absolute Gasteiger partial charge is 0.264 e. The Labute approximate surface area is 379 Å². The number of carbonyl (C=O) groups excluding carboxylic acids is 6. The number of benzene rings is 3. The van der Waals surface area contributed by atoms with E-state index in [1.807, 2.05) is 32.0 Å². The zero-order valence-corrected chi connectivity index (χ0v) is 36.8. The second-order valence-corrected chi connectivity index (χ2v) is 17.5. The van der Waals surface area contributed by atoms with Crippen LogP contribution in [0.2, 0.25) is 0 Å². The lowest BCUT2D eigenvalue weighted by Gasteiger charge is -2.38. The van der Waals surface area contributed by atoms with Crippen molar-refractivity contribution >= 4 is 57.9 Å². The number of anilines is 2. The predicted octanol–water partition coefficient (Wildman–Crippen LogP) is 6.28. The van der Waals surface area contributed by atoms with Gasteiger partial charge < -0.3 is 24.6 Å². The number of aryl methyl sites for hydroxylation is 2. The number of hydrogen-bond acceptors (Lipinski definition) is 11. The first kappa shape index (κ1) is 44.4. The van der Waals surface area contributed by atoms with Gasteiger partial charge in [0.15, 0.2) is 11.6 Å².